The van der Waals surface area contributed by atoms with Gasteiger partial charge in [-0.1, -0.05) is 18.7 Å². The van der Waals surface area contributed by atoms with Crippen molar-refractivity contribution in [2.24, 2.45) is 0 Å². The monoisotopic (exact) mass is 308 g/mol. The van der Waals surface area contributed by atoms with Gasteiger partial charge in [-0.05, 0) is 25.6 Å². The predicted molar refractivity (Wildman–Crippen MR) is 85.2 cm³/mol. The summed E-state index contributed by atoms with van der Waals surface area (Å²) in [6, 6.07) is 0. The van der Waals surface area contributed by atoms with Crippen molar-refractivity contribution in [3.05, 3.63) is 18.0 Å². The van der Waals surface area contributed by atoms with Gasteiger partial charge >= 0.3 is 0 Å². The highest BCUT2D eigenvalue weighted by Crippen LogP contribution is 2.12. The molecule has 1 aliphatic heterocycles. The fraction of sp³-hybridized carbons (Fsp3) is 0.667. The van der Waals surface area contributed by atoms with Crippen LogP contribution in [0.2, 0.25) is 0 Å². The Morgan fingerprint density at radius 3 is 2.76 bits per heavy atom. The van der Waals surface area contributed by atoms with Crippen molar-refractivity contribution < 1.29 is 4.79 Å². The summed E-state index contributed by atoms with van der Waals surface area (Å²) in [5.74, 6) is 1.29. The lowest BCUT2D eigenvalue weighted by molar-refractivity contribution is -0.133. The number of piperidine rings is 1. The highest BCUT2D eigenvalue weighted by atomic mass is 32.2. The number of aromatic nitrogens is 2. The Morgan fingerprint density at radius 2 is 2.10 bits per heavy atom. The lowest BCUT2D eigenvalue weighted by Gasteiger charge is -2.28. The summed E-state index contributed by atoms with van der Waals surface area (Å²) in [4.78, 5) is 24.6. The van der Waals surface area contributed by atoms with E-state index in [9.17, 15) is 4.79 Å². The minimum Gasteiger partial charge on any atom is -0.341 e. The van der Waals surface area contributed by atoms with Crippen LogP contribution in [0.5, 0.6) is 0 Å². The molecule has 2 heterocycles. The number of likely N-dealkylation sites (N-methyl/N-ethyl adjacent to an activating group) is 1. The maximum Gasteiger partial charge on any atom is 0.222 e. The minimum atomic E-state index is 0.305. The lowest BCUT2D eigenvalue weighted by Crippen LogP contribution is -2.40. The Hall–Kier alpha value is -1.14. The van der Waals surface area contributed by atoms with E-state index in [2.05, 4.69) is 28.8 Å². The first-order valence-corrected chi connectivity index (χ1v) is 8.57. The van der Waals surface area contributed by atoms with E-state index in [0.717, 1.165) is 55.5 Å². The molecule has 1 aliphatic rings. The third-order valence-corrected chi connectivity index (χ3v) is 4.34. The van der Waals surface area contributed by atoms with Crippen molar-refractivity contribution in [1.29, 1.82) is 0 Å². The summed E-state index contributed by atoms with van der Waals surface area (Å²) in [7, 11) is 2.07. The summed E-state index contributed by atoms with van der Waals surface area (Å²) < 4.78 is 0. The summed E-state index contributed by atoms with van der Waals surface area (Å²) in [5, 5.41) is 0.836. The molecule has 0 saturated carbocycles. The van der Waals surface area contributed by atoms with Gasteiger partial charge in [0.2, 0.25) is 5.91 Å². The Morgan fingerprint density at radius 1 is 1.33 bits per heavy atom. The quantitative estimate of drug-likeness (QED) is 0.570. The van der Waals surface area contributed by atoms with Gasteiger partial charge in [0.15, 0.2) is 5.16 Å². The van der Waals surface area contributed by atoms with E-state index in [1.54, 1.807) is 11.8 Å². The van der Waals surface area contributed by atoms with Crippen molar-refractivity contribution in [1.82, 2.24) is 19.8 Å². The van der Waals surface area contributed by atoms with Crippen LogP contribution in [0, 0.1) is 0 Å². The molecule has 1 saturated heterocycles. The van der Waals surface area contributed by atoms with Crippen LogP contribution in [0.25, 0.3) is 0 Å². The fourth-order valence-corrected chi connectivity index (χ4v) is 2.92. The van der Waals surface area contributed by atoms with E-state index in [0.29, 0.717) is 12.3 Å². The van der Waals surface area contributed by atoms with E-state index >= 15 is 0 Å². The number of likely N-dealkylation sites (tertiary alicyclic amines) is 1. The summed E-state index contributed by atoms with van der Waals surface area (Å²) >= 11 is 1.65. The minimum absolute atomic E-state index is 0.305. The first-order valence-electron chi connectivity index (χ1n) is 7.59. The number of carbonyl (C=O) groups is 1. The summed E-state index contributed by atoms with van der Waals surface area (Å²) in [5.41, 5.74) is 1.11. The topological polar surface area (TPSA) is 49.3 Å². The van der Waals surface area contributed by atoms with Gasteiger partial charge in [0.05, 0.1) is 0 Å². The number of hydrogen-bond acceptors (Lipinski definition) is 5. The zero-order valence-electron chi connectivity index (χ0n) is 12.9. The van der Waals surface area contributed by atoms with Gasteiger partial charge in [-0.3, -0.25) is 4.79 Å². The maximum absolute atomic E-state index is 11.7. The van der Waals surface area contributed by atoms with Gasteiger partial charge in [-0.15, -0.1) is 0 Å². The number of rotatable bonds is 7. The van der Waals surface area contributed by atoms with Crippen LogP contribution in [0.15, 0.2) is 17.6 Å². The number of hydrogen-bond donors (Lipinski definition) is 0. The van der Waals surface area contributed by atoms with Crippen LogP contribution in [0.3, 0.4) is 0 Å². The van der Waals surface area contributed by atoms with Crippen LogP contribution in [0.1, 0.15) is 31.7 Å². The average Bonchev–Trinajstić information content (AvgIpc) is 2.49. The van der Waals surface area contributed by atoms with Crippen LogP contribution in [-0.4, -0.2) is 58.1 Å². The molecule has 2 rings (SSSR count). The largest absolute Gasteiger partial charge is 0.341 e. The van der Waals surface area contributed by atoms with Crippen LogP contribution in [-0.2, 0) is 11.3 Å². The molecule has 1 fully saturated rings. The molecular formula is C15H24N4OS. The lowest BCUT2D eigenvalue weighted by atomic mass is 10.1. The molecule has 0 bridgehead atoms. The second kappa shape index (κ2) is 8.34. The maximum atomic E-state index is 11.7. The third kappa shape index (κ3) is 5.28. The summed E-state index contributed by atoms with van der Waals surface area (Å²) in [6.07, 6.45) is 6.69. The molecule has 116 valence electrons. The zero-order valence-corrected chi connectivity index (χ0v) is 13.7. The first-order chi connectivity index (χ1) is 10.2. The summed E-state index contributed by atoms with van der Waals surface area (Å²) in [6.45, 7) is 5.53. The molecule has 0 atom stereocenters. The van der Waals surface area contributed by atoms with E-state index in [1.807, 2.05) is 17.3 Å². The molecule has 0 spiro atoms. The predicted octanol–water partition coefficient (Wildman–Crippen LogP) is 2.03. The van der Waals surface area contributed by atoms with Gasteiger partial charge in [0.1, 0.15) is 0 Å². The van der Waals surface area contributed by atoms with Crippen LogP contribution >= 0.6 is 11.8 Å². The Balaban J connectivity index is 1.75. The molecule has 5 nitrogen and oxygen atoms in total. The number of carbonyl (C=O) groups excluding carboxylic acids is 1. The Kier molecular flexibility index (Phi) is 6.45. The molecular weight excluding hydrogens is 284 g/mol. The van der Waals surface area contributed by atoms with Crippen molar-refractivity contribution in [2.45, 2.75) is 37.9 Å². The van der Waals surface area contributed by atoms with Gasteiger partial charge in [0.25, 0.3) is 0 Å². The van der Waals surface area contributed by atoms with Gasteiger partial charge in [-0.2, -0.15) is 0 Å². The van der Waals surface area contributed by atoms with Crippen LogP contribution in [0.4, 0.5) is 0 Å². The van der Waals surface area contributed by atoms with Gasteiger partial charge < -0.3 is 9.80 Å². The van der Waals surface area contributed by atoms with E-state index in [1.165, 1.54) is 0 Å². The molecule has 0 aliphatic carbocycles. The zero-order chi connectivity index (χ0) is 15.1. The smallest absolute Gasteiger partial charge is 0.222 e. The number of amides is 1. The molecule has 21 heavy (non-hydrogen) atoms. The van der Waals surface area contributed by atoms with E-state index in [-0.39, 0.29) is 0 Å². The molecule has 0 unspecified atom stereocenters. The second-order valence-electron chi connectivity index (χ2n) is 5.38. The van der Waals surface area contributed by atoms with Crippen LogP contribution < -0.4 is 0 Å². The van der Waals surface area contributed by atoms with E-state index in [4.69, 9.17) is 0 Å². The molecule has 1 aromatic heterocycles. The molecule has 6 heteroatoms. The number of thioether (sulfide) groups is 1. The normalized spacial score (nSPS) is 15.8. The molecule has 0 aromatic carbocycles. The van der Waals surface area contributed by atoms with Gasteiger partial charge in [-0.25, -0.2) is 9.97 Å². The number of nitrogens with zero attached hydrogens (tertiary/aromatic N) is 4. The SMILES string of the molecule is CCSc1ncc(CN(C)CCN2CCCCC2=O)cn1. The van der Waals surface area contributed by atoms with Crippen molar-refractivity contribution in [2.75, 3.05) is 32.4 Å². The fourth-order valence-electron chi connectivity index (χ4n) is 2.41. The highest BCUT2D eigenvalue weighted by molar-refractivity contribution is 7.99. The molecule has 0 N–H and O–H groups in total. The standard InChI is InChI=1S/C15H24N4OS/c1-3-21-15-16-10-13(11-17-15)12-18(2)8-9-19-7-5-4-6-14(19)20/h10-11H,3-9,12H2,1-2H3. The van der Waals surface area contributed by atoms with Gasteiger partial charge in [0, 0.05) is 50.6 Å². The molecule has 1 amide bonds. The Labute approximate surface area is 131 Å². The first kappa shape index (κ1) is 16.2. The van der Waals surface area contributed by atoms with Crippen molar-refractivity contribution in [3.8, 4) is 0 Å². The van der Waals surface area contributed by atoms with E-state index < -0.39 is 0 Å². The second-order valence-corrected chi connectivity index (χ2v) is 6.61. The average molecular weight is 308 g/mol. The highest BCUT2D eigenvalue weighted by Gasteiger charge is 2.17. The van der Waals surface area contributed by atoms with Crippen molar-refractivity contribution >= 4 is 17.7 Å². The van der Waals surface area contributed by atoms with Crippen molar-refractivity contribution in [3.63, 3.8) is 0 Å². The molecule has 0 radical (unpaired) electrons. The Bertz CT molecular complexity index is 451. The molecule has 1 aromatic rings. The third-order valence-electron chi connectivity index (χ3n) is 3.58.